The van der Waals surface area contributed by atoms with Crippen LogP contribution in [0.25, 0.3) is 0 Å². The second kappa shape index (κ2) is 12.3. The number of azo groups is 1. The van der Waals surface area contributed by atoms with Gasteiger partial charge in [0.1, 0.15) is 11.4 Å². The summed E-state index contributed by atoms with van der Waals surface area (Å²) in [5.41, 5.74) is 0.420. The third-order valence-corrected chi connectivity index (χ3v) is 4.94. The highest BCUT2D eigenvalue weighted by Gasteiger charge is 2.29. The zero-order valence-corrected chi connectivity index (χ0v) is 20.4. The van der Waals surface area contributed by atoms with Gasteiger partial charge in [-0.2, -0.15) is 5.11 Å². The van der Waals surface area contributed by atoms with Gasteiger partial charge in [-0.1, -0.05) is 11.6 Å². The summed E-state index contributed by atoms with van der Waals surface area (Å²) < 4.78 is 22.2. The Hall–Kier alpha value is -3.04. The predicted octanol–water partition coefficient (Wildman–Crippen LogP) is 5.38. The van der Waals surface area contributed by atoms with Crippen molar-refractivity contribution < 1.29 is 28.5 Å². The molecular formula is C22H25Cl2N3O6. The summed E-state index contributed by atoms with van der Waals surface area (Å²) in [4.78, 5) is 25.2. The maximum absolute atomic E-state index is 13.0. The Balaban J connectivity index is 2.37. The van der Waals surface area contributed by atoms with E-state index >= 15 is 0 Å². The summed E-state index contributed by atoms with van der Waals surface area (Å²) in [5, 5.41) is 8.17. The third kappa shape index (κ3) is 6.49. The molecule has 11 heteroatoms. The summed E-state index contributed by atoms with van der Waals surface area (Å²) >= 11 is 12.6. The van der Waals surface area contributed by atoms with Crippen LogP contribution in [0.15, 0.2) is 40.6 Å². The Labute approximate surface area is 202 Å². The van der Waals surface area contributed by atoms with Gasteiger partial charge in [0.25, 0.3) is 5.91 Å². The van der Waals surface area contributed by atoms with Crippen LogP contribution in [0.3, 0.4) is 0 Å². The van der Waals surface area contributed by atoms with Gasteiger partial charge in [0.2, 0.25) is 6.04 Å². The molecule has 0 N–H and O–H groups in total. The van der Waals surface area contributed by atoms with Crippen molar-refractivity contribution in [2.24, 2.45) is 10.2 Å². The number of hydrogen-bond acceptors (Lipinski definition) is 8. The predicted molar refractivity (Wildman–Crippen MR) is 126 cm³/mol. The number of nitrogens with zero attached hydrogens (tertiary/aromatic N) is 3. The van der Waals surface area contributed by atoms with Crippen molar-refractivity contribution in [2.45, 2.75) is 26.8 Å². The van der Waals surface area contributed by atoms with Gasteiger partial charge in [0, 0.05) is 30.0 Å². The maximum Gasteiger partial charge on any atom is 0.276 e. The number of carbonyl (C=O) groups is 2. The smallest absolute Gasteiger partial charge is 0.276 e. The molecule has 0 saturated carbocycles. The highest BCUT2D eigenvalue weighted by atomic mass is 35.5. The summed E-state index contributed by atoms with van der Waals surface area (Å²) in [6.07, 6.45) is 0. The fourth-order valence-corrected chi connectivity index (χ4v) is 3.20. The van der Waals surface area contributed by atoms with Crippen molar-refractivity contribution in [3.05, 3.63) is 35.4 Å². The molecule has 2 rings (SSSR count). The molecule has 0 bridgehead atoms. The molecule has 0 aliphatic rings. The Morgan fingerprint density at radius 2 is 1.67 bits per heavy atom. The minimum atomic E-state index is -1.51. The lowest BCUT2D eigenvalue weighted by molar-refractivity contribution is -0.126. The van der Waals surface area contributed by atoms with E-state index in [1.54, 1.807) is 25.1 Å². The molecule has 0 aromatic heterocycles. The van der Waals surface area contributed by atoms with Gasteiger partial charge in [0.05, 0.1) is 38.1 Å². The molecule has 1 amide bonds. The van der Waals surface area contributed by atoms with Gasteiger partial charge >= 0.3 is 0 Å². The van der Waals surface area contributed by atoms with Crippen LogP contribution in [0.1, 0.15) is 20.8 Å². The molecule has 0 aliphatic heterocycles. The summed E-state index contributed by atoms with van der Waals surface area (Å²) in [6.45, 7) is 5.60. The number of carbonyl (C=O) groups excluding carboxylic acids is 2. The largest absolute Gasteiger partial charge is 0.494 e. The molecule has 1 atom stereocenters. The minimum Gasteiger partial charge on any atom is -0.494 e. The van der Waals surface area contributed by atoms with Crippen molar-refractivity contribution in [1.82, 2.24) is 0 Å². The quantitative estimate of drug-likeness (QED) is 0.234. The fourth-order valence-electron chi connectivity index (χ4n) is 2.76. The van der Waals surface area contributed by atoms with Gasteiger partial charge in [-0.25, -0.2) is 4.42 Å². The van der Waals surface area contributed by atoms with E-state index < -0.39 is 17.7 Å². The van der Waals surface area contributed by atoms with E-state index in [4.69, 9.17) is 42.3 Å². The molecule has 2 aromatic rings. The lowest BCUT2D eigenvalue weighted by atomic mass is 10.2. The van der Waals surface area contributed by atoms with Crippen LogP contribution in [0.2, 0.25) is 5.02 Å². The van der Waals surface area contributed by atoms with E-state index in [2.05, 4.69) is 10.2 Å². The number of anilines is 1. The van der Waals surface area contributed by atoms with Crippen LogP contribution in [-0.2, 0) is 9.59 Å². The van der Waals surface area contributed by atoms with E-state index in [1.807, 2.05) is 6.92 Å². The number of rotatable bonds is 11. The topological polar surface area (TPSA) is 99.0 Å². The third-order valence-electron chi connectivity index (χ3n) is 4.29. The zero-order valence-electron chi connectivity index (χ0n) is 18.9. The van der Waals surface area contributed by atoms with Gasteiger partial charge < -0.3 is 18.9 Å². The van der Waals surface area contributed by atoms with Crippen LogP contribution in [-0.4, -0.2) is 45.2 Å². The molecule has 0 radical (unpaired) electrons. The zero-order chi connectivity index (χ0) is 24.5. The number of hydrogen-bond donors (Lipinski definition) is 0. The van der Waals surface area contributed by atoms with Gasteiger partial charge in [-0.3, -0.25) is 9.59 Å². The fraction of sp³-hybridized carbons (Fsp3) is 0.364. The Morgan fingerprint density at radius 3 is 2.24 bits per heavy atom. The molecule has 0 fully saturated rings. The summed E-state index contributed by atoms with van der Waals surface area (Å²) in [7, 11) is 2.93. The Morgan fingerprint density at radius 1 is 1.00 bits per heavy atom. The molecule has 33 heavy (non-hydrogen) atoms. The van der Waals surface area contributed by atoms with Crippen molar-refractivity contribution in [2.75, 3.05) is 31.9 Å². The van der Waals surface area contributed by atoms with Crippen LogP contribution < -0.4 is 23.4 Å². The summed E-state index contributed by atoms with van der Waals surface area (Å²) in [5.74, 6) is 0.237. The second-order valence-electron chi connectivity index (χ2n) is 6.50. The molecule has 0 heterocycles. The van der Waals surface area contributed by atoms with E-state index in [9.17, 15) is 9.59 Å². The summed E-state index contributed by atoms with van der Waals surface area (Å²) in [6, 6.07) is 6.26. The standard InChI is InChI=1S/C22H25Cl2N3O6/c1-6-32-15-11-16(23)21(19(12-15)33-7-2)26-25-20(13(3)28)22(29)27(24)14-8-9-17(30-4)18(10-14)31-5/h8-12,20H,6-7H2,1-5H3. The number of benzene rings is 2. The SMILES string of the molecule is CCOc1cc(Cl)c(N=NC(C(C)=O)C(=O)N(Cl)c2ccc(OC)c(OC)c2)c(OCC)c1. The lowest BCUT2D eigenvalue weighted by Gasteiger charge is -2.18. The van der Waals surface area contributed by atoms with Crippen molar-refractivity contribution in [1.29, 1.82) is 0 Å². The van der Waals surface area contributed by atoms with Crippen molar-refractivity contribution in [3.63, 3.8) is 0 Å². The molecule has 178 valence electrons. The van der Waals surface area contributed by atoms with Gasteiger partial charge in [-0.15, -0.1) is 5.11 Å². The first-order valence-electron chi connectivity index (χ1n) is 9.99. The average Bonchev–Trinajstić information content (AvgIpc) is 2.79. The second-order valence-corrected chi connectivity index (χ2v) is 7.25. The lowest BCUT2D eigenvalue weighted by Crippen LogP contribution is -2.36. The van der Waals surface area contributed by atoms with Gasteiger partial charge in [-0.05, 0) is 32.9 Å². The monoisotopic (exact) mass is 497 g/mol. The number of halogens is 2. The Kier molecular flexibility index (Phi) is 9.74. The number of ether oxygens (including phenoxy) is 4. The van der Waals surface area contributed by atoms with Crippen molar-refractivity contribution >= 4 is 46.4 Å². The average molecular weight is 498 g/mol. The first-order valence-corrected chi connectivity index (χ1v) is 10.7. The first-order chi connectivity index (χ1) is 15.8. The highest BCUT2D eigenvalue weighted by Crippen LogP contribution is 2.40. The van der Waals surface area contributed by atoms with E-state index in [0.29, 0.717) is 36.2 Å². The number of ketones is 1. The molecule has 9 nitrogen and oxygen atoms in total. The maximum atomic E-state index is 13.0. The molecule has 0 spiro atoms. The van der Waals surface area contributed by atoms with E-state index in [1.165, 1.54) is 33.3 Å². The number of methoxy groups -OCH3 is 2. The van der Waals surface area contributed by atoms with Gasteiger partial charge in [0.15, 0.2) is 23.0 Å². The number of Topliss-reactive ketones (excluding diaryl/α,β-unsaturated/α-hetero) is 1. The Bertz CT molecular complexity index is 1030. The van der Waals surface area contributed by atoms with E-state index in [0.717, 1.165) is 4.42 Å². The molecule has 0 aliphatic carbocycles. The minimum absolute atomic E-state index is 0.160. The van der Waals surface area contributed by atoms with Crippen molar-refractivity contribution in [3.8, 4) is 23.0 Å². The van der Waals surface area contributed by atoms with Crippen LogP contribution in [0, 0.1) is 0 Å². The van der Waals surface area contributed by atoms with Crippen LogP contribution >= 0.6 is 23.4 Å². The molecule has 1 unspecified atom stereocenters. The molecule has 0 saturated heterocycles. The van der Waals surface area contributed by atoms with Crippen LogP contribution in [0.4, 0.5) is 11.4 Å². The van der Waals surface area contributed by atoms with E-state index in [-0.39, 0.29) is 16.4 Å². The van der Waals surface area contributed by atoms with Crippen LogP contribution in [0.5, 0.6) is 23.0 Å². The first kappa shape index (κ1) is 26.2. The normalized spacial score (nSPS) is 11.7. The number of amides is 1. The molecular weight excluding hydrogens is 473 g/mol. The highest BCUT2D eigenvalue weighted by molar-refractivity contribution is 6.39. The molecule has 2 aromatic carbocycles.